The van der Waals surface area contributed by atoms with E-state index in [9.17, 15) is 4.79 Å². The van der Waals surface area contributed by atoms with Crippen LogP contribution < -0.4 is 0 Å². The molecule has 4 nitrogen and oxygen atoms in total. The fourth-order valence-electron chi connectivity index (χ4n) is 1.81. The maximum atomic E-state index is 11.5. The van der Waals surface area contributed by atoms with Crippen molar-refractivity contribution < 1.29 is 9.53 Å². The van der Waals surface area contributed by atoms with Gasteiger partial charge in [0.2, 0.25) is 0 Å². The van der Waals surface area contributed by atoms with Crippen molar-refractivity contribution in [2.45, 2.75) is 31.2 Å². The minimum absolute atomic E-state index is 0.106. The summed E-state index contributed by atoms with van der Waals surface area (Å²) in [7, 11) is 1.42. The highest BCUT2D eigenvalue weighted by molar-refractivity contribution is 7.99. The van der Waals surface area contributed by atoms with Crippen LogP contribution in [0.2, 0.25) is 0 Å². The van der Waals surface area contributed by atoms with E-state index in [0.717, 1.165) is 16.2 Å². The Bertz CT molecular complexity index is 594. The van der Waals surface area contributed by atoms with Crippen LogP contribution in [-0.4, -0.2) is 28.3 Å². The predicted octanol–water partition coefficient (Wildman–Crippen LogP) is 3.16. The van der Waals surface area contributed by atoms with Crippen LogP contribution in [0.25, 0.3) is 11.0 Å². The van der Waals surface area contributed by atoms with Gasteiger partial charge in [-0.2, -0.15) is 0 Å². The van der Waals surface area contributed by atoms with Crippen LogP contribution >= 0.6 is 11.8 Å². The van der Waals surface area contributed by atoms with Crippen molar-refractivity contribution in [2.75, 3.05) is 7.11 Å². The number of esters is 1. The molecule has 0 aliphatic carbocycles. The third kappa shape index (κ3) is 3.10. The highest BCUT2D eigenvalue weighted by Crippen LogP contribution is 2.28. The number of benzene rings is 1. The van der Waals surface area contributed by atoms with Crippen LogP contribution in [0.15, 0.2) is 23.4 Å². The fourth-order valence-corrected chi connectivity index (χ4v) is 2.80. The lowest BCUT2D eigenvalue weighted by Crippen LogP contribution is -2.22. The summed E-state index contributed by atoms with van der Waals surface area (Å²) in [5, 5.41) is 0.943. The second-order valence-electron chi connectivity index (χ2n) is 4.70. The van der Waals surface area contributed by atoms with Crippen molar-refractivity contribution in [1.29, 1.82) is 0 Å². The number of imidazole rings is 1. The average Bonchev–Trinajstić information content (AvgIpc) is 2.77. The first-order valence-corrected chi connectivity index (χ1v) is 7.10. The molecular formula is C14H18N2O2S. The molecule has 0 aliphatic rings. The predicted molar refractivity (Wildman–Crippen MR) is 77.3 cm³/mol. The van der Waals surface area contributed by atoms with E-state index in [4.69, 9.17) is 4.74 Å². The fraction of sp³-hybridized carbons (Fsp3) is 0.429. The molecule has 19 heavy (non-hydrogen) atoms. The van der Waals surface area contributed by atoms with E-state index in [-0.39, 0.29) is 17.1 Å². The van der Waals surface area contributed by atoms with E-state index in [0.29, 0.717) is 0 Å². The van der Waals surface area contributed by atoms with Crippen molar-refractivity contribution in [1.82, 2.24) is 9.97 Å². The Hall–Kier alpha value is -1.49. The number of H-pyrrole nitrogens is 1. The van der Waals surface area contributed by atoms with Crippen molar-refractivity contribution in [3.05, 3.63) is 23.8 Å². The molecular weight excluding hydrogens is 260 g/mol. The number of aromatic nitrogens is 2. The molecule has 2 atom stereocenters. The largest absolute Gasteiger partial charge is 0.469 e. The Morgan fingerprint density at radius 3 is 2.84 bits per heavy atom. The maximum absolute atomic E-state index is 11.5. The van der Waals surface area contributed by atoms with Gasteiger partial charge in [0.05, 0.1) is 24.1 Å². The van der Waals surface area contributed by atoms with Gasteiger partial charge in [-0.25, -0.2) is 4.98 Å². The van der Waals surface area contributed by atoms with E-state index in [1.54, 1.807) is 11.8 Å². The van der Waals surface area contributed by atoms with Gasteiger partial charge in [-0.05, 0) is 24.6 Å². The molecule has 0 amide bonds. The van der Waals surface area contributed by atoms with Gasteiger partial charge in [-0.1, -0.05) is 31.7 Å². The minimum atomic E-state index is -0.188. The van der Waals surface area contributed by atoms with Gasteiger partial charge in [0.25, 0.3) is 0 Å². The summed E-state index contributed by atoms with van der Waals surface area (Å²) in [6.07, 6.45) is 0. The molecule has 0 radical (unpaired) electrons. The second-order valence-corrected chi connectivity index (χ2v) is 6.06. The second kappa shape index (κ2) is 5.65. The Labute approximate surface area is 116 Å². The SMILES string of the molecule is COC(=O)C(C)C(C)Sc1nc2ccc(C)cc2[nH]1. The Morgan fingerprint density at radius 2 is 2.16 bits per heavy atom. The van der Waals surface area contributed by atoms with E-state index in [2.05, 4.69) is 23.0 Å². The van der Waals surface area contributed by atoms with Crippen LogP contribution in [0.5, 0.6) is 0 Å². The van der Waals surface area contributed by atoms with Crippen LogP contribution in [0.1, 0.15) is 19.4 Å². The number of hydrogen-bond donors (Lipinski definition) is 1. The molecule has 1 aromatic carbocycles. The van der Waals surface area contributed by atoms with E-state index in [1.807, 2.05) is 26.0 Å². The zero-order valence-electron chi connectivity index (χ0n) is 11.6. The molecule has 1 heterocycles. The number of carbonyl (C=O) groups is 1. The number of fused-ring (bicyclic) bond motifs is 1. The number of carbonyl (C=O) groups excluding carboxylic acids is 1. The number of rotatable bonds is 4. The van der Waals surface area contributed by atoms with Crippen molar-refractivity contribution in [2.24, 2.45) is 5.92 Å². The monoisotopic (exact) mass is 278 g/mol. The molecule has 0 saturated carbocycles. The summed E-state index contributed by atoms with van der Waals surface area (Å²) >= 11 is 1.56. The number of methoxy groups -OCH3 is 1. The minimum Gasteiger partial charge on any atom is -0.469 e. The van der Waals surface area contributed by atoms with Crippen LogP contribution in [0, 0.1) is 12.8 Å². The summed E-state index contributed by atoms with van der Waals surface area (Å²) < 4.78 is 4.76. The molecule has 2 rings (SSSR count). The van der Waals surface area contributed by atoms with Crippen LogP contribution in [0.4, 0.5) is 0 Å². The van der Waals surface area contributed by atoms with Gasteiger partial charge >= 0.3 is 5.97 Å². The molecule has 0 fully saturated rings. The van der Waals surface area contributed by atoms with Gasteiger partial charge in [0.15, 0.2) is 5.16 Å². The number of nitrogens with zero attached hydrogens (tertiary/aromatic N) is 1. The molecule has 0 spiro atoms. The van der Waals surface area contributed by atoms with E-state index in [1.165, 1.54) is 12.7 Å². The lowest BCUT2D eigenvalue weighted by molar-refractivity contribution is -0.144. The first kappa shape index (κ1) is 13.9. The average molecular weight is 278 g/mol. The van der Waals surface area contributed by atoms with E-state index >= 15 is 0 Å². The smallest absolute Gasteiger partial charge is 0.309 e. The number of hydrogen-bond acceptors (Lipinski definition) is 4. The lowest BCUT2D eigenvalue weighted by Gasteiger charge is -2.15. The van der Waals surface area contributed by atoms with Crippen molar-refractivity contribution in [3.8, 4) is 0 Å². The zero-order valence-corrected chi connectivity index (χ0v) is 12.4. The highest BCUT2D eigenvalue weighted by atomic mass is 32.2. The standard InChI is InChI=1S/C14H18N2O2S/c1-8-5-6-11-12(7-8)16-14(15-11)19-10(3)9(2)13(17)18-4/h5-7,9-10H,1-4H3,(H,15,16). The molecule has 0 saturated heterocycles. The number of aromatic amines is 1. The molecule has 5 heteroatoms. The molecule has 1 N–H and O–H groups in total. The van der Waals surface area contributed by atoms with Crippen molar-refractivity contribution >= 4 is 28.8 Å². The molecule has 2 unspecified atom stereocenters. The third-order valence-corrected chi connectivity index (χ3v) is 4.39. The number of nitrogens with one attached hydrogen (secondary N) is 1. The summed E-state index contributed by atoms with van der Waals surface area (Å²) in [6, 6.07) is 6.11. The third-order valence-electron chi connectivity index (χ3n) is 3.19. The number of aryl methyl sites for hydroxylation is 1. The summed E-state index contributed by atoms with van der Waals surface area (Å²) in [5.74, 6) is -0.350. The van der Waals surface area contributed by atoms with Gasteiger partial charge in [0, 0.05) is 5.25 Å². The Morgan fingerprint density at radius 1 is 1.42 bits per heavy atom. The molecule has 2 aromatic rings. The molecule has 1 aromatic heterocycles. The van der Waals surface area contributed by atoms with Gasteiger partial charge in [-0.3, -0.25) is 4.79 Å². The van der Waals surface area contributed by atoms with Crippen molar-refractivity contribution in [3.63, 3.8) is 0 Å². The maximum Gasteiger partial charge on any atom is 0.309 e. The van der Waals surface area contributed by atoms with Gasteiger partial charge < -0.3 is 9.72 Å². The van der Waals surface area contributed by atoms with Gasteiger partial charge in [0.1, 0.15) is 0 Å². The molecule has 102 valence electrons. The molecule has 0 bridgehead atoms. The molecule has 0 aliphatic heterocycles. The van der Waals surface area contributed by atoms with Crippen LogP contribution in [0.3, 0.4) is 0 Å². The number of ether oxygens (including phenoxy) is 1. The first-order chi connectivity index (χ1) is 9.01. The summed E-state index contributed by atoms with van der Waals surface area (Å²) in [5.41, 5.74) is 3.18. The zero-order chi connectivity index (χ0) is 14.0. The van der Waals surface area contributed by atoms with Crippen LogP contribution in [-0.2, 0) is 9.53 Å². The summed E-state index contributed by atoms with van der Waals surface area (Å²) in [6.45, 7) is 5.93. The van der Waals surface area contributed by atoms with E-state index < -0.39 is 0 Å². The quantitative estimate of drug-likeness (QED) is 0.689. The Balaban J connectivity index is 2.15. The lowest BCUT2D eigenvalue weighted by atomic mass is 10.1. The first-order valence-electron chi connectivity index (χ1n) is 6.22. The normalized spacial score (nSPS) is 14.3. The summed E-state index contributed by atoms with van der Waals surface area (Å²) in [4.78, 5) is 19.3. The topological polar surface area (TPSA) is 55.0 Å². The highest BCUT2D eigenvalue weighted by Gasteiger charge is 2.22. The number of thioether (sulfide) groups is 1. The van der Waals surface area contributed by atoms with Gasteiger partial charge in [-0.15, -0.1) is 0 Å². The Kier molecular flexibility index (Phi) is 4.14.